The van der Waals surface area contributed by atoms with Gasteiger partial charge in [0.05, 0.1) is 10.8 Å². The topological polar surface area (TPSA) is 38.4 Å². The number of aliphatic imine (C=N–C) groups is 1. The van der Waals surface area contributed by atoms with Gasteiger partial charge in [0, 0.05) is 6.20 Å². The molecular formula is C5H6BrFN2. The summed E-state index contributed by atoms with van der Waals surface area (Å²) in [6, 6.07) is 0. The molecule has 0 heterocycles. The molecule has 2 nitrogen and oxygen atoms in total. The fourth-order valence-electron chi connectivity index (χ4n) is 0.175. The summed E-state index contributed by atoms with van der Waals surface area (Å²) in [5.74, 6) is -0.587. The van der Waals surface area contributed by atoms with E-state index in [-0.39, 0.29) is 0 Å². The minimum absolute atomic E-state index is 0.361. The molecule has 0 atom stereocenters. The van der Waals surface area contributed by atoms with Crippen LogP contribution in [0.3, 0.4) is 0 Å². The lowest BCUT2D eigenvalue weighted by Crippen LogP contribution is -1.83. The fraction of sp³-hybridized carbons (Fsp3) is 0. The molecule has 0 aromatic rings. The average Bonchev–Trinajstić information content (AvgIpc) is 1.83. The third-order valence-corrected chi connectivity index (χ3v) is 0.692. The summed E-state index contributed by atoms with van der Waals surface area (Å²) in [6.07, 6.45) is 1.79. The van der Waals surface area contributed by atoms with E-state index in [2.05, 4.69) is 27.5 Å². The summed E-state index contributed by atoms with van der Waals surface area (Å²) < 4.78 is 12.4. The van der Waals surface area contributed by atoms with Gasteiger partial charge in [0.1, 0.15) is 0 Å². The molecule has 50 valence electrons. The highest BCUT2D eigenvalue weighted by Crippen LogP contribution is 2.01. The maximum Gasteiger partial charge on any atom is 0.156 e. The van der Waals surface area contributed by atoms with E-state index in [4.69, 9.17) is 5.73 Å². The number of nitrogens with zero attached hydrogens (tertiary/aromatic N) is 1. The van der Waals surface area contributed by atoms with E-state index in [9.17, 15) is 4.39 Å². The molecule has 0 aliphatic carbocycles. The zero-order chi connectivity index (χ0) is 7.28. The number of hydrogen-bond donors (Lipinski definition) is 1. The quantitative estimate of drug-likeness (QED) is 0.525. The molecule has 0 unspecified atom stereocenters. The van der Waals surface area contributed by atoms with Crippen molar-refractivity contribution in [1.29, 1.82) is 0 Å². The highest BCUT2D eigenvalue weighted by Gasteiger charge is 1.83. The molecule has 0 spiro atoms. The van der Waals surface area contributed by atoms with Crippen LogP contribution in [0.5, 0.6) is 0 Å². The molecule has 2 N–H and O–H groups in total. The van der Waals surface area contributed by atoms with Gasteiger partial charge in [-0.25, -0.2) is 9.38 Å². The molecule has 0 saturated carbocycles. The number of allylic oxidation sites excluding steroid dienone is 1. The molecule has 0 rings (SSSR count). The first-order chi connectivity index (χ1) is 4.16. The molecule has 0 saturated heterocycles. The van der Waals surface area contributed by atoms with Gasteiger partial charge in [-0.2, -0.15) is 0 Å². The first-order valence-electron chi connectivity index (χ1n) is 2.12. The molecular weight excluding hydrogens is 187 g/mol. The van der Waals surface area contributed by atoms with Gasteiger partial charge in [-0.05, 0) is 15.9 Å². The smallest absolute Gasteiger partial charge is 0.156 e. The molecule has 0 aromatic heterocycles. The molecule has 0 bridgehead atoms. The SMILES string of the molecule is C=C(Br)N=C/C(F)=C\N. The first-order valence-corrected chi connectivity index (χ1v) is 2.92. The lowest BCUT2D eigenvalue weighted by molar-refractivity contribution is 0.683. The van der Waals surface area contributed by atoms with Crippen molar-refractivity contribution in [3.05, 3.63) is 23.2 Å². The number of halogens is 2. The van der Waals surface area contributed by atoms with E-state index >= 15 is 0 Å². The Morgan fingerprint density at radius 2 is 2.33 bits per heavy atom. The van der Waals surface area contributed by atoms with E-state index in [1.54, 1.807) is 0 Å². The normalized spacial score (nSPS) is 12.4. The van der Waals surface area contributed by atoms with Crippen LogP contribution in [0.1, 0.15) is 0 Å². The van der Waals surface area contributed by atoms with Crippen molar-refractivity contribution in [3.63, 3.8) is 0 Å². The van der Waals surface area contributed by atoms with Gasteiger partial charge in [0.15, 0.2) is 5.83 Å². The second-order valence-electron chi connectivity index (χ2n) is 1.19. The lowest BCUT2D eigenvalue weighted by atomic mass is 10.6. The summed E-state index contributed by atoms with van der Waals surface area (Å²) in [4.78, 5) is 3.47. The Morgan fingerprint density at radius 3 is 2.67 bits per heavy atom. The second-order valence-corrected chi connectivity index (χ2v) is 2.10. The van der Waals surface area contributed by atoms with Crippen LogP contribution in [-0.2, 0) is 0 Å². The molecule has 0 aliphatic heterocycles. The number of nitrogens with two attached hydrogens (primary N) is 1. The molecule has 0 amide bonds. The summed E-state index contributed by atoms with van der Waals surface area (Å²) >= 11 is 2.90. The van der Waals surface area contributed by atoms with E-state index in [0.29, 0.717) is 4.61 Å². The Balaban J connectivity index is 3.86. The van der Waals surface area contributed by atoms with Crippen molar-refractivity contribution >= 4 is 22.1 Å². The van der Waals surface area contributed by atoms with Crippen molar-refractivity contribution in [2.24, 2.45) is 10.7 Å². The van der Waals surface area contributed by atoms with Gasteiger partial charge >= 0.3 is 0 Å². The Morgan fingerprint density at radius 1 is 1.78 bits per heavy atom. The van der Waals surface area contributed by atoms with Crippen molar-refractivity contribution in [1.82, 2.24) is 0 Å². The minimum atomic E-state index is -0.587. The van der Waals surface area contributed by atoms with Crippen LogP contribution in [0.15, 0.2) is 28.2 Å². The van der Waals surface area contributed by atoms with Gasteiger partial charge in [-0.15, -0.1) is 0 Å². The molecule has 0 radical (unpaired) electrons. The maximum absolute atomic E-state index is 12.0. The Bertz CT molecular complexity index is 162. The molecule has 0 aliphatic rings. The maximum atomic E-state index is 12.0. The first kappa shape index (κ1) is 8.36. The minimum Gasteiger partial charge on any atom is -0.402 e. The zero-order valence-corrected chi connectivity index (χ0v) is 6.23. The van der Waals surface area contributed by atoms with Crippen molar-refractivity contribution in [2.45, 2.75) is 0 Å². The van der Waals surface area contributed by atoms with Crippen LogP contribution in [0.2, 0.25) is 0 Å². The third kappa shape index (κ3) is 5.23. The molecule has 4 heteroatoms. The summed E-state index contributed by atoms with van der Waals surface area (Å²) in [7, 11) is 0. The fourth-order valence-corrected chi connectivity index (χ4v) is 0.277. The van der Waals surface area contributed by atoms with Gasteiger partial charge < -0.3 is 5.73 Å². The highest BCUT2D eigenvalue weighted by molar-refractivity contribution is 9.11. The van der Waals surface area contributed by atoms with Crippen LogP contribution < -0.4 is 5.73 Å². The third-order valence-electron chi connectivity index (χ3n) is 0.487. The van der Waals surface area contributed by atoms with E-state index < -0.39 is 5.83 Å². The molecule has 9 heavy (non-hydrogen) atoms. The molecule has 0 fully saturated rings. The standard InChI is InChI=1S/C5H6BrFN2/c1-4(6)9-3-5(7)2-8/h2-3H,1,8H2/b5-2+,9-3?. The predicted octanol–water partition coefficient (Wildman–Crippen LogP) is 1.69. The zero-order valence-electron chi connectivity index (χ0n) is 4.64. The largest absolute Gasteiger partial charge is 0.402 e. The highest BCUT2D eigenvalue weighted by atomic mass is 79.9. The van der Waals surface area contributed by atoms with Crippen LogP contribution in [-0.4, -0.2) is 6.21 Å². The lowest BCUT2D eigenvalue weighted by Gasteiger charge is -1.82. The van der Waals surface area contributed by atoms with E-state index in [0.717, 1.165) is 12.4 Å². The van der Waals surface area contributed by atoms with Gasteiger partial charge in [-0.3, -0.25) is 0 Å². The summed E-state index contributed by atoms with van der Waals surface area (Å²) in [6.45, 7) is 3.35. The van der Waals surface area contributed by atoms with Gasteiger partial charge in [0.25, 0.3) is 0 Å². The van der Waals surface area contributed by atoms with Crippen molar-refractivity contribution < 1.29 is 4.39 Å². The Hall–Kier alpha value is -0.640. The average molecular weight is 193 g/mol. The number of hydrogen-bond acceptors (Lipinski definition) is 2. The second kappa shape index (κ2) is 4.26. The Labute approximate surface area is 61.1 Å². The van der Waals surface area contributed by atoms with Gasteiger partial charge in [0.2, 0.25) is 0 Å². The molecule has 0 aromatic carbocycles. The summed E-state index contributed by atoms with van der Waals surface area (Å²) in [5, 5.41) is 0. The van der Waals surface area contributed by atoms with Crippen LogP contribution >= 0.6 is 15.9 Å². The monoisotopic (exact) mass is 192 g/mol. The van der Waals surface area contributed by atoms with Crippen LogP contribution in [0, 0.1) is 0 Å². The predicted molar refractivity (Wildman–Crippen MR) is 39.9 cm³/mol. The van der Waals surface area contributed by atoms with Gasteiger partial charge in [-0.1, -0.05) is 6.58 Å². The summed E-state index contributed by atoms with van der Waals surface area (Å²) in [5.41, 5.74) is 4.78. The van der Waals surface area contributed by atoms with E-state index in [1.165, 1.54) is 0 Å². The Kier molecular flexibility index (Phi) is 3.96. The van der Waals surface area contributed by atoms with Crippen LogP contribution in [0.25, 0.3) is 0 Å². The van der Waals surface area contributed by atoms with Crippen molar-refractivity contribution in [3.8, 4) is 0 Å². The van der Waals surface area contributed by atoms with Crippen molar-refractivity contribution in [2.75, 3.05) is 0 Å². The number of rotatable bonds is 2. The van der Waals surface area contributed by atoms with Crippen LogP contribution in [0.4, 0.5) is 4.39 Å². The van der Waals surface area contributed by atoms with E-state index in [1.807, 2.05) is 0 Å².